The molecule has 0 aliphatic carbocycles. The van der Waals surface area contributed by atoms with Crippen LogP contribution in [0.3, 0.4) is 0 Å². The molecule has 4 rings (SSSR count). The molecule has 7 nitrogen and oxygen atoms in total. The maximum absolute atomic E-state index is 12.0. The van der Waals surface area contributed by atoms with Gasteiger partial charge in [-0.2, -0.15) is 4.98 Å². The van der Waals surface area contributed by atoms with Gasteiger partial charge < -0.3 is 13.7 Å². The molecule has 2 aromatic heterocycles. The normalized spacial score (nSPS) is 12.4. The molecule has 0 amide bonds. The van der Waals surface area contributed by atoms with Gasteiger partial charge in [-0.25, -0.2) is 4.79 Å². The van der Waals surface area contributed by atoms with Gasteiger partial charge in [0.05, 0.1) is 12.1 Å². The smallest absolute Gasteiger partial charge is 0.420 e. The van der Waals surface area contributed by atoms with Gasteiger partial charge in [-0.1, -0.05) is 35.5 Å². The molecule has 1 atom stereocenters. The van der Waals surface area contributed by atoms with E-state index in [1.54, 1.807) is 6.07 Å². The van der Waals surface area contributed by atoms with Gasteiger partial charge in [-0.3, -0.25) is 4.57 Å². The van der Waals surface area contributed by atoms with Crippen molar-refractivity contribution >= 4 is 11.1 Å². The van der Waals surface area contributed by atoms with Crippen molar-refractivity contribution in [2.75, 3.05) is 0 Å². The first-order valence-corrected chi connectivity index (χ1v) is 7.83. The Labute approximate surface area is 142 Å². The lowest BCUT2D eigenvalue weighted by atomic mass is 10.3. The van der Waals surface area contributed by atoms with Crippen LogP contribution >= 0.6 is 0 Å². The van der Waals surface area contributed by atoms with E-state index in [4.69, 9.17) is 13.7 Å². The average Bonchev–Trinajstić information content (AvgIpc) is 3.21. The maximum Gasteiger partial charge on any atom is 0.420 e. The molecule has 0 fully saturated rings. The highest BCUT2D eigenvalue weighted by Gasteiger charge is 2.18. The molecule has 0 aliphatic rings. The van der Waals surface area contributed by atoms with Crippen LogP contribution in [0.4, 0.5) is 0 Å². The topological polar surface area (TPSA) is 83.3 Å². The van der Waals surface area contributed by atoms with E-state index >= 15 is 0 Å². The highest BCUT2D eigenvalue weighted by atomic mass is 16.5. The third kappa shape index (κ3) is 3.03. The van der Waals surface area contributed by atoms with Crippen LogP contribution in [0.5, 0.6) is 5.75 Å². The number of rotatable bonds is 5. The highest BCUT2D eigenvalue weighted by Crippen LogP contribution is 2.20. The fraction of sp³-hybridized carbons (Fsp3) is 0.167. The van der Waals surface area contributed by atoms with Gasteiger partial charge in [0.25, 0.3) is 5.89 Å². The quantitative estimate of drug-likeness (QED) is 0.556. The molecular formula is C18H15N3O4. The van der Waals surface area contributed by atoms with E-state index < -0.39 is 11.9 Å². The van der Waals surface area contributed by atoms with Crippen LogP contribution in [0.1, 0.15) is 24.7 Å². The minimum atomic E-state index is -0.457. The van der Waals surface area contributed by atoms with E-state index in [-0.39, 0.29) is 6.54 Å². The molecule has 0 N–H and O–H groups in total. The van der Waals surface area contributed by atoms with Gasteiger partial charge in [0, 0.05) is 0 Å². The highest BCUT2D eigenvalue weighted by molar-refractivity contribution is 5.72. The lowest BCUT2D eigenvalue weighted by Gasteiger charge is -2.09. The molecule has 7 heteroatoms. The number of hydrogen-bond donors (Lipinski definition) is 0. The Bertz CT molecular complexity index is 1050. The summed E-state index contributed by atoms with van der Waals surface area (Å²) >= 11 is 0. The van der Waals surface area contributed by atoms with Crippen LogP contribution in [0, 0.1) is 0 Å². The lowest BCUT2D eigenvalue weighted by molar-refractivity contribution is 0.175. The predicted octanol–water partition coefficient (Wildman–Crippen LogP) is 3.17. The van der Waals surface area contributed by atoms with Crippen molar-refractivity contribution in [3.05, 3.63) is 76.9 Å². The fourth-order valence-electron chi connectivity index (χ4n) is 2.56. The first-order valence-electron chi connectivity index (χ1n) is 7.83. The summed E-state index contributed by atoms with van der Waals surface area (Å²) in [4.78, 5) is 16.3. The van der Waals surface area contributed by atoms with Crippen LogP contribution in [-0.2, 0) is 6.54 Å². The summed E-state index contributed by atoms with van der Waals surface area (Å²) in [5.41, 5.74) is 1.21. The maximum atomic E-state index is 12.0. The van der Waals surface area contributed by atoms with Crippen LogP contribution in [-0.4, -0.2) is 14.7 Å². The number of oxazole rings is 1. The van der Waals surface area contributed by atoms with E-state index in [0.29, 0.717) is 28.6 Å². The van der Waals surface area contributed by atoms with Gasteiger partial charge in [0.15, 0.2) is 17.5 Å². The first-order chi connectivity index (χ1) is 12.2. The number of ether oxygens (including phenoxy) is 1. The zero-order chi connectivity index (χ0) is 17.2. The zero-order valence-corrected chi connectivity index (χ0v) is 13.5. The summed E-state index contributed by atoms with van der Waals surface area (Å²) in [6.07, 6.45) is -0.401. The number of nitrogens with zero attached hydrogens (tertiary/aromatic N) is 3. The van der Waals surface area contributed by atoms with E-state index in [1.165, 1.54) is 4.57 Å². The number of fused-ring (bicyclic) bond motifs is 1. The summed E-state index contributed by atoms with van der Waals surface area (Å²) < 4.78 is 17.7. The van der Waals surface area contributed by atoms with E-state index in [0.717, 1.165) is 0 Å². The molecule has 2 aromatic carbocycles. The van der Waals surface area contributed by atoms with Gasteiger partial charge in [0.1, 0.15) is 5.75 Å². The molecule has 25 heavy (non-hydrogen) atoms. The van der Waals surface area contributed by atoms with Crippen LogP contribution < -0.4 is 10.5 Å². The second-order valence-corrected chi connectivity index (χ2v) is 5.54. The van der Waals surface area contributed by atoms with Crippen LogP contribution in [0.25, 0.3) is 11.1 Å². The molecule has 1 unspecified atom stereocenters. The Hall–Kier alpha value is -3.35. The van der Waals surface area contributed by atoms with Crippen molar-refractivity contribution < 1.29 is 13.7 Å². The van der Waals surface area contributed by atoms with Crippen molar-refractivity contribution in [3.8, 4) is 5.75 Å². The predicted molar refractivity (Wildman–Crippen MR) is 89.4 cm³/mol. The molecule has 0 spiro atoms. The summed E-state index contributed by atoms with van der Waals surface area (Å²) in [5.74, 6) is 0.986. The molecule has 0 saturated carbocycles. The molecule has 0 radical (unpaired) electrons. The minimum absolute atomic E-state index is 0.164. The first kappa shape index (κ1) is 15.2. The lowest BCUT2D eigenvalue weighted by Crippen LogP contribution is -2.15. The molecule has 4 aromatic rings. The van der Waals surface area contributed by atoms with E-state index in [2.05, 4.69) is 10.1 Å². The van der Waals surface area contributed by atoms with Crippen molar-refractivity contribution in [2.45, 2.75) is 19.6 Å². The Morgan fingerprint density at radius 2 is 1.88 bits per heavy atom. The molecule has 126 valence electrons. The number of aromatic nitrogens is 3. The van der Waals surface area contributed by atoms with Gasteiger partial charge in [-0.15, -0.1) is 0 Å². The van der Waals surface area contributed by atoms with Crippen molar-refractivity contribution in [1.82, 2.24) is 14.7 Å². The second-order valence-electron chi connectivity index (χ2n) is 5.54. The Kier molecular flexibility index (Phi) is 3.81. The van der Waals surface area contributed by atoms with Crippen molar-refractivity contribution in [1.29, 1.82) is 0 Å². The standard InChI is InChI=1S/C18H15N3O4/c1-12(23-13-7-3-2-4-8-13)17-19-16(20-25-17)11-21-14-9-5-6-10-15(14)24-18(21)22/h2-10,12H,11H2,1H3. The van der Waals surface area contributed by atoms with E-state index in [1.807, 2.05) is 55.5 Å². The summed E-state index contributed by atoms with van der Waals surface area (Å²) in [6.45, 7) is 1.99. The number of para-hydroxylation sites is 3. The molecular weight excluding hydrogens is 322 g/mol. The molecule has 2 heterocycles. The number of benzene rings is 2. The fourth-order valence-corrected chi connectivity index (χ4v) is 2.56. The Morgan fingerprint density at radius 3 is 2.72 bits per heavy atom. The average molecular weight is 337 g/mol. The summed E-state index contributed by atoms with van der Waals surface area (Å²) in [5, 5.41) is 3.93. The summed E-state index contributed by atoms with van der Waals surface area (Å²) in [7, 11) is 0. The largest absolute Gasteiger partial charge is 0.481 e. The monoisotopic (exact) mass is 337 g/mol. The Morgan fingerprint density at radius 1 is 1.12 bits per heavy atom. The SMILES string of the molecule is CC(Oc1ccccc1)c1nc(Cn2c(=O)oc3ccccc32)no1. The van der Waals surface area contributed by atoms with E-state index in [9.17, 15) is 4.79 Å². The third-order valence-corrected chi connectivity index (χ3v) is 3.76. The number of hydrogen-bond acceptors (Lipinski definition) is 6. The second kappa shape index (κ2) is 6.27. The molecule has 0 saturated heterocycles. The van der Waals surface area contributed by atoms with Crippen LogP contribution in [0.15, 0.2) is 68.3 Å². The van der Waals surface area contributed by atoms with Gasteiger partial charge in [0.2, 0.25) is 0 Å². The van der Waals surface area contributed by atoms with Crippen molar-refractivity contribution in [3.63, 3.8) is 0 Å². The van der Waals surface area contributed by atoms with Crippen molar-refractivity contribution in [2.24, 2.45) is 0 Å². The third-order valence-electron chi connectivity index (χ3n) is 3.76. The van der Waals surface area contributed by atoms with Gasteiger partial charge >= 0.3 is 5.76 Å². The molecule has 0 aliphatic heterocycles. The minimum Gasteiger partial charge on any atom is -0.481 e. The Balaban J connectivity index is 1.55. The zero-order valence-electron chi connectivity index (χ0n) is 13.5. The van der Waals surface area contributed by atoms with Crippen LogP contribution in [0.2, 0.25) is 0 Å². The van der Waals surface area contributed by atoms with Gasteiger partial charge in [-0.05, 0) is 31.2 Å². The molecule has 0 bridgehead atoms. The summed E-state index contributed by atoms with van der Waals surface area (Å²) in [6, 6.07) is 16.6.